The molecular formula is C18H29N3O2S. The van der Waals surface area contributed by atoms with Crippen molar-refractivity contribution in [3.63, 3.8) is 0 Å². The third kappa shape index (κ3) is 3.77. The Balaban J connectivity index is 1.26. The molecule has 3 heterocycles. The van der Waals surface area contributed by atoms with Gasteiger partial charge >= 0.3 is 0 Å². The Kier molecular flexibility index (Phi) is 5.37. The molecule has 2 aliphatic heterocycles. The standard InChI is InChI=1S/C18H29N3O2S/c22-16(13-23-17-4-2-1-3-5-17)12-21-14-6-7-15(21)11-20(10-14)18-19-8-9-24-18/h8-9,14-17,22H,1-7,10-13H2/t14-,15+,16-/m0/s1. The SMILES string of the molecule is O[C@H](COC1CCCCC1)CN1[C@@H]2CC[C@H]1CN(c1nccs1)C2. The van der Waals surface area contributed by atoms with E-state index in [0.29, 0.717) is 24.8 Å². The molecule has 6 heteroatoms. The monoisotopic (exact) mass is 351 g/mol. The second kappa shape index (κ2) is 7.68. The minimum absolute atomic E-state index is 0.360. The molecule has 0 spiro atoms. The van der Waals surface area contributed by atoms with E-state index in [2.05, 4.69) is 20.2 Å². The first-order valence-corrected chi connectivity index (χ1v) is 10.4. The van der Waals surface area contributed by atoms with Crippen molar-refractivity contribution < 1.29 is 9.84 Å². The van der Waals surface area contributed by atoms with Crippen LogP contribution in [-0.4, -0.2) is 65.5 Å². The lowest BCUT2D eigenvalue weighted by Crippen LogP contribution is -2.56. The summed E-state index contributed by atoms with van der Waals surface area (Å²) in [6.07, 6.45) is 10.6. The maximum absolute atomic E-state index is 10.5. The zero-order valence-electron chi connectivity index (χ0n) is 14.3. The number of piperazine rings is 1. The van der Waals surface area contributed by atoms with E-state index in [1.807, 2.05) is 6.20 Å². The molecule has 1 N–H and O–H groups in total. The summed E-state index contributed by atoms with van der Waals surface area (Å²) in [5.41, 5.74) is 0. The molecule has 24 heavy (non-hydrogen) atoms. The summed E-state index contributed by atoms with van der Waals surface area (Å²) in [7, 11) is 0. The molecule has 0 unspecified atom stereocenters. The van der Waals surface area contributed by atoms with Gasteiger partial charge in [0.15, 0.2) is 5.13 Å². The molecular weight excluding hydrogens is 322 g/mol. The Morgan fingerprint density at radius 3 is 2.58 bits per heavy atom. The molecule has 3 fully saturated rings. The van der Waals surface area contributed by atoms with E-state index in [0.717, 1.165) is 24.8 Å². The van der Waals surface area contributed by atoms with Gasteiger partial charge in [0.25, 0.3) is 0 Å². The number of hydrogen-bond acceptors (Lipinski definition) is 6. The lowest BCUT2D eigenvalue weighted by Gasteiger charge is -2.41. The zero-order chi connectivity index (χ0) is 16.4. The topological polar surface area (TPSA) is 48.8 Å². The van der Waals surface area contributed by atoms with E-state index in [1.165, 1.54) is 44.9 Å². The van der Waals surface area contributed by atoms with Gasteiger partial charge in [-0.15, -0.1) is 11.3 Å². The number of aliphatic hydroxyl groups is 1. The zero-order valence-corrected chi connectivity index (χ0v) is 15.2. The number of aliphatic hydroxyl groups excluding tert-OH is 1. The van der Waals surface area contributed by atoms with Gasteiger partial charge in [0, 0.05) is 43.3 Å². The minimum Gasteiger partial charge on any atom is -0.389 e. The van der Waals surface area contributed by atoms with E-state index < -0.39 is 0 Å². The summed E-state index contributed by atoms with van der Waals surface area (Å²) >= 11 is 1.73. The van der Waals surface area contributed by atoms with Gasteiger partial charge < -0.3 is 14.7 Å². The molecule has 0 radical (unpaired) electrons. The second-order valence-corrected chi connectivity index (χ2v) is 8.42. The molecule has 1 aromatic rings. The second-order valence-electron chi connectivity index (χ2n) is 7.55. The molecule has 1 saturated carbocycles. The van der Waals surface area contributed by atoms with Gasteiger partial charge in [-0.05, 0) is 25.7 Å². The Morgan fingerprint density at radius 1 is 1.17 bits per heavy atom. The Hall–Kier alpha value is -0.690. The minimum atomic E-state index is -0.360. The average molecular weight is 352 g/mol. The number of nitrogens with zero attached hydrogens (tertiary/aromatic N) is 3. The van der Waals surface area contributed by atoms with Crippen LogP contribution in [0.3, 0.4) is 0 Å². The van der Waals surface area contributed by atoms with Crippen molar-refractivity contribution in [3.05, 3.63) is 11.6 Å². The fourth-order valence-electron chi connectivity index (χ4n) is 4.59. The van der Waals surface area contributed by atoms with Crippen LogP contribution in [-0.2, 0) is 4.74 Å². The van der Waals surface area contributed by atoms with Gasteiger partial charge in [0.1, 0.15) is 0 Å². The molecule has 0 aromatic carbocycles. The van der Waals surface area contributed by atoms with Gasteiger partial charge in [-0.1, -0.05) is 19.3 Å². The molecule has 3 atom stereocenters. The highest BCUT2D eigenvalue weighted by Crippen LogP contribution is 2.33. The van der Waals surface area contributed by atoms with Crippen LogP contribution in [0.4, 0.5) is 5.13 Å². The normalized spacial score (nSPS) is 30.0. The van der Waals surface area contributed by atoms with Crippen molar-refractivity contribution in [1.82, 2.24) is 9.88 Å². The van der Waals surface area contributed by atoms with Crippen LogP contribution in [0.15, 0.2) is 11.6 Å². The summed E-state index contributed by atoms with van der Waals surface area (Å²) < 4.78 is 5.96. The largest absolute Gasteiger partial charge is 0.389 e. The number of thiazole rings is 1. The van der Waals surface area contributed by atoms with Crippen LogP contribution in [0, 0.1) is 0 Å². The van der Waals surface area contributed by atoms with Crippen molar-refractivity contribution in [3.8, 4) is 0 Å². The Morgan fingerprint density at radius 2 is 1.92 bits per heavy atom. The maximum Gasteiger partial charge on any atom is 0.185 e. The number of aromatic nitrogens is 1. The van der Waals surface area contributed by atoms with Crippen molar-refractivity contribution >= 4 is 16.5 Å². The number of fused-ring (bicyclic) bond motifs is 2. The number of anilines is 1. The van der Waals surface area contributed by atoms with Crippen LogP contribution in [0.1, 0.15) is 44.9 Å². The number of hydrogen-bond donors (Lipinski definition) is 1. The molecule has 134 valence electrons. The highest BCUT2D eigenvalue weighted by Gasteiger charge is 2.41. The van der Waals surface area contributed by atoms with E-state index in [1.54, 1.807) is 11.3 Å². The number of ether oxygens (including phenoxy) is 1. The van der Waals surface area contributed by atoms with Gasteiger partial charge in [0.2, 0.25) is 0 Å². The Labute approximate surface area is 148 Å². The third-order valence-corrected chi connectivity index (χ3v) is 6.65. The van der Waals surface area contributed by atoms with Crippen LogP contribution < -0.4 is 4.90 Å². The first-order valence-electron chi connectivity index (χ1n) is 9.49. The van der Waals surface area contributed by atoms with E-state index in [9.17, 15) is 5.11 Å². The Bertz CT molecular complexity index is 492. The number of rotatable bonds is 6. The van der Waals surface area contributed by atoms with E-state index in [4.69, 9.17) is 4.74 Å². The lowest BCUT2D eigenvalue weighted by molar-refractivity contribution is -0.0389. The van der Waals surface area contributed by atoms with Crippen molar-refractivity contribution in [2.24, 2.45) is 0 Å². The summed E-state index contributed by atoms with van der Waals surface area (Å²) in [4.78, 5) is 9.41. The maximum atomic E-state index is 10.5. The molecule has 1 aromatic heterocycles. The first kappa shape index (κ1) is 16.8. The van der Waals surface area contributed by atoms with Crippen LogP contribution >= 0.6 is 11.3 Å². The van der Waals surface area contributed by atoms with Gasteiger partial charge in [-0.2, -0.15) is 0 Å². The average Bonchev–Trinajstić information content (AvgIpc) is 3.21. The fourth-order valence-corrected chi connectivity index (χ4v) is 5.25. The van der Waals surface area contributed by atoms with Gasteiger partial charge in [0.05, 0.1) is 18.8 Å². The lowest BCUT2D eigenvalue weighted by atomic mass is 9.98. The van der Waals surface area contributed by atoms with Crippen molar-refractivity contribution in [1.29, 1.82) is 0 Å². The van der Waals surface area contributed by atoms with Crippen molar-refractivity contribution in [2.45, 2.75) is 69.2 Å². The molecule has 0 amide bonds. The molecule has 2 bridgehead atoms. The first-order chi connectivity index (χ1) is 11.8. The highest BCUT2D eigenvalue weighted by molar-refractivity contribution is 7.13. The summed E-state index contributed by atoms with van der Waals surface area (Å²) in [5, 5.41) is 13.7. The molecule has 1 aliphatic carbocycles. The predicted octanol–water partition coefficient (Wildman–Crippen LogP) is 2.51. The van der Waals surface area contributed by atoms with Gasteiger partial charge in [-0.25, -0.2) is 4.98 Å². The van der Waals surface area contributed by atoms with Gasteiger partial charge in [-0.3, -0.25) is 4.90 Å². The molecule has 5 nitrogen and oxygen atoms in total. The molecule has 4 rings (SSSR count). The quantitative estimate of drug-likeness (QED) is 0.853. The summed E-state index contributed by atoms with van der Waals surface area (Å²) in [6, 6.07) is 1.11. The third-order valence-electron chi connectivity index (χ3n) is 5.82. The molecule has 3 aliphatic rings. The summed E-state index contributed by atoms with van der Waals surface area (Å²) in [6.45, 7) is 3.34. The van der Waals surface area contributed by atoms with Crippen LogP contribution in [0.5, 0.6) is 0 Å². The van der Waals surface area contributed by atoms with Crippen LogP contribution in [0.25, 0.3) is 0 Å². The van der Waals surface area contributed by atoms with E-state index in [-0.39, 0.29) is 6.10 Å². The smallest absolute Gasteiger partial charge is 0.185 e. The predicted molar refractivity (Wildman–Crippen MR) is 96.7 cm³/mol. The summed E-state index contributed by atoms with van der Waals surface area (Å²) in [5.74, 6) is 0. The fraction of sp³-hybridized carbons (Fsp3) is 0.833. The van der Waals surface area contributed by atoms with Crippen molar-refractivity contribution in [2.75, 3.05) is 31.1 Å². The van der Waals surface area contributed by atoms with Crippen LogP contribution in [0.2, 0.25) is 0 Å². The molecule has 2 saturated heterocycles. The highest BCUT2D eigenvalue weighted by atomic mass is 32.1. The van der Waals surface area contributed by atoms with E-state index >= 15 is 0 Å².